The molecule has 0 spiro atoms. The third-order valence-electron chi connectivity index (χ3n) is 3.23. The number of methoxy groups -OCH3 is 1. The van der Waals surface area contributed by atoms with Gasteiger partial charge in [-0.3, -0.25) is 0 Å². The first-order valence-electron chi connectivity index (χ1n) is 6.78. The fourth-order valence-corrected chi connectivity index (χ4v) is 2.21. The van der Waals surface area contributed by atoms with E-state index in [-0.39, 0.29) is 0 Å². The molecule has 2 N–H and O–H groups in total. The number of hydrogen-bond acceptors (Lipinski definition) is 4. The van der Waals surface area contributed by atoms with E-state index in [0.717, 1.165) is 22.7 Å². The molecule has 0 saturated carbocycles. The van der Waals surface area contributed by atoms with E-state index in [4.69, 9.17) is 10.5 Å². The number of hydrogen-bond donors (Lipinski definition) is 1. The lowest BCUT2D eigenvalue weighted by molar-refractivity contribution is 0.407. The van der Waals surface area contributed by atoms with Crippen LogP contribution in [0, 0.1) is 6.92 Å². The smallest absolute Gasteiger partial charge is 0.142 e. The Kier molecular flexibility index (Phi) is 4.35. The molecule has 0 aliphatic carbocycles. The van der Waals surface area contributed by atoms with Gasteiger partial charge in [-0.15, -0.1) is 0 Å². The topological polar surface area (TPSA) is 61.0 Å². The van der Waals surface area contributed by atoms with Crippen LogP contribution in [0.3, 0.4) is 0 Å². The minimum atomic E-state index is 0.349. The van der Waals surface area contributed by atoms with Gasteiger partial charge in [-0.25, -0.2) is 9.97 Å². The van der Waals surface area contributed by atoms with Crippen molar-refractivity contribution in [2.45, 2.75) is 33.2 Å². The molecule has 1 aromatic heterocycles. The molecule has 2 aromatic rings. The molecule has 20 heavy (non-hydrogen) atoms. The van der Waals surface area contributed by atoms with E-state index >= 15 is 0 Å². The second-order valence-corrected chi connectivity index (χ2v) is 5.13. The maximum atomic E-state index is 5.64. The van der Waals surface area contributed by atoms with Crippen LogP contribution in [0.2, 0.25) is 0 Å². The summed E-state index contributed by atoms with van der Waals surface area (Å²) in [6.45, 7) is 6.61. The molecular weight excluding hydrogens is 250 g/mol. The Morgan fingerprint density at radius 1 is 1.20 bits per heavy atom. The van der Waals surface area contributed by atoms with Gasteiger partial charge in [-0.1, -0.05) is 13.8 Å². The summed E-state index contributed by atoms with van der Waals surface area (Å²) in [4.78, 5) is 8.81. The molecular formula is C16H21N3O. The molecule has 0 atom stereocenters. The van der Waals surface area contributed by atoms with Gasteiger partial charge in [0.05, 0.1) is 19.3 Å². The first-order valence-corrected chi connectivity index (χ1v) is 6.78. The van der Waals surface area contributed by atoms with Crippen molar-refractivity contribution in [3.8, 4) is 17.0 Å². The molecule has 106 valence electrons. The summed E-state index contributed by atoms with van der Waals surface area (Å²) in [5.74, 6) is 1.97. The SMILES string of the molecule is COc1ccc(-c2cc(C)nc(CN)n2)cc1C(C)C. The molecule has 4 nitrogen and oxygen atoms in total. The predicted molar refractivity (Wildman–Crippen MR) is 80.7 cm³/mol. The van der Waals surface area contributed by atoms with E-state index < -0.39 is 0 Å². The Hall–Kier alpha value is -1.94. The highest BCUT2D eigenvalue weighted by Crippen LogP contribution is 2.30. The number of aryl methyl sites for hydroxylation is 1. The lowest BCUT2D eigenvalue weighted by atomic mass is 9.98. The van der Waals surface area contributed by atoms with Crippen LogP contribution in [-0.2, 0) is 6.54 Å². The van der Waals surface area contributed by atoms with Crippen LogP contribution in [0.15, 0.2) is 24.3 Å². The molecule has 0 aliphatic rings. The Morgan fingerprint density at radius 3 is 2.55 bits per heavy atom. The van der Waals surface area contributed by atoms with Gasteiger partial charge in [0.2, 0.25) is 0 Å². The minimum Gasteiger partial charge on any atom is -0.496 e. The van der Waals surface area contributed by atoms with E-state index in [1.165, 1.54) is 5.56 Å². The Balaban J connectivity index is 2.53. The Morgan fingerprint density at radius 2 is 1.95 bits per heavy atom. The van der Waals surface area contributed by atoms with Crippen molar-refractivity contribution in [2.75, 3.05) is 7.11 Å². The van der Waals surface area contributed by atoms with Crippen molar-refractivity contribution >= 4 is 0 Å². The van der Waals surface area contributed by atoms with Gasteiger partial charge < -0.3 is 10.5 Å². The van der Waals surface area contributed by atoms with Crippen LogP contribution >= 0.6 is 0 Å². The van der Waals surface area contributed by atoms with Gasteiger partial charge >= 0.3 is 0 Å². The highest BCUT2D eigenvalue weighted by molar-refractivity contribution is 5.62. The van der Waals surface area contributed by atoms with E-state index in [1.54, 1.807) is 7.11 Å². The van der Waals surface area contributed by atoms with Crippen molar-refractivity contribution in [1.29, 1.82) is 0 Å². The minimum absolute atomic E-state index is 0.349. The Bertz CT molecular complexity index is 609. The van der Waals surface area contributed by atoms with E-state index in [2.05, 4.69) is 29.9 Å². The summed E-state index contributed by atoms with van der Waals surface area (Å²) in [5, 5.41) is 0. The maximum Gasteiger partial charge on any atom is 0.142 e. The lowest BCUT2D eigenvalue weighted by Crippen LogP contribution is -2.05. The van der Waals surface area contributed by atoms with E-state index in [1.807, 2.05) is 25.1 Å². The van der Waals surface area contributed by atoms with Crippen LogP contribution in [0.1, 0.15) is 36.8 Å². The lowest BCUT2D eigenvalue weighted by Gasteiger charge is -2.14. The highest BCUT2D eigenvalue weighted by Gasteiger charge is 2.11. The fraction of sp³-hybridized carbons (Fsp3) is 0.375. The van der Waals surface area contributed by atoms with Gasteiger partial charge in [-0.2, -0.15) is 0 Å². The molecule has 4 heteroatoms. The van der Waals surface area contributed by atoms with Crippen molar-refractivity contribution in [3.63, 3.8) is 0 Å². The quantitative estimate of drug-likeness (QED) is 0.928. The van der Waals surface area contributed by atoms with E-state index in [0.29, 0.717) is 18.3 Å². The summed E-state index contributed by atoms with van der Waals surface area (Å²) >= 11 is 0. The summed E-state index contributed by atoms with van der Waals surface area (Å²) in [6.07, 6.45) is 0. The molecule has 2 rings (SSSR count). The van der Waals surface area contributed by atoms with Gasteiger partial charge in [-0.05, 0) is 42.7 Å². The zero-order valence-corrected chi connectivity index (χ0v) is 12.5. The molecule has 0 unspecified atom stereocenters. The van der Waals surface area contributed by atoms with Crippen LogP contribution in [0.25, 0.3) is 11.3 Å². The number of benzene rings is 1. The molecule has 0 fully saturated rings. The standard InChI is InChI=1S/C16H21N3O/c1-10(2)13-8-12(5-6-15(13)20-4)14-7-11(3)18-16(9-17)19-14/h5-8,10H,9,17H2,1-4H3. The van der Waals surface area contributed by atoms with Gasteiger partial charge in [0.15, 0.2) is 0 Å². The van der Waals surface area contributed by atoms with Gasteiger partial charge in [0.25, 0.3) is 0 Å². The number of nitrogens with two attached hydrogens (primary N) is 1. The molecule has 0 aliphatic heterocycles. The van der Waals surface area contributed by atoms with Crippen molar-refractivity contribution in [2.24, 2.45) is 5.73 Å². The van der Waals surface area contributed by atoms with Crippen molar-refractivity contribution in [3.05, 3.63) is 41.3 Å². The third kappa shape index (κ3) is 2.96. The summed E-state index contributed by atoms with van der Waals surface area (Å²) in [5.41, 5.74) is 9.72. The number of aromatic nitrogens is 2. The van der Waals surface area contributed by atoms with Crippen LogP contribution in [-0.4, -0.2) is 17.1 Å². The monoisotopic (exact) mass is 271 g/mol. The van der Waals surface area contributed by atoms with Gasteiger partial charge in [0, 0.05) is 11.3 Å². The van der Waals surface area contributed by atoms with Crippen LogP contribution < -0.4 is 10.5 Å². The second-order valence-electron chi connectivity index (χ2n) is 5.13. The third-order valence-corrected chi connectivity index (χ3v) is 3.23. The number of rotatable bonds is 4. The summed E-state index contributed by atoms with van der Waals surface area (Å²) in [7, 11) is 1.70. The first kappa shape index (κ1) is 14.5. The van der Waals surface area contributed by atoms with Crippen molar-refractivity contribution < 1.29 is 4.74 Å². The normalized spacial score (nSPS) is 10.9. The molecule has 1 aromatic carbocycles. The number of ether oxygens (including phenoxy) is 1. The van der Waals surface area contributed by atoms with Gasteiger partial charge in [0.1, 0.15) is 11.6 Å². The average Bonchev–Trinajstić information content (AvgIpc) is 2.45. The Labute approximate surface area is 120 Å². The maximum absolute atomic E-state index is 5.64. The molecule has 0 saturated heterocycles. The van der Waals surface area contributed by atoms with Crippen LogP contribution in [0.5, 0.6) is 5.75 Å². The second kappa shape index (κ2) is 6.01. The molecule has 1 heterocycles. The zero-order valence-electron chi connectivity index (χ0n) is 12.5. The predicted octanol–water partition coefficient (Wildman–Crippen LogP) is 3.04. The fourth-order valence-electron chi connectivity index (χ4n) is 2.21. The zero-order chi connectivity index (χ0) is 14.7. The summed E-state index contributed by atoms with van der Waals surface area (Å²) in [6, 6.07) is 8.12. The molecule has 0 bridgehead atoms. The van der Waals surface area contributed by atoms with Crippen molar-refractivity contribution in [1.82, 2.24) is 9.97 Å². The average molecular weight is 271 g/mol. The first-order chi connectivity index (χ1) is 9.55. The number of nitrogens with zero attached hydrogens (tertiary/aromatic N) is 2. The molecule has 0 amide bonds. The van der Waals surface area contributed by atoms with Crippen LogP contribution in [0.4, 0.5) is 0 Å². The summed E-state index contributed by atoms with van der Waals surface area (Å²) < 4.78 is 5.41. The van der Waals surface area contributed by atoms with E-state index in [9.17, 15) is 0 Å². The largest absolute Gasteiger partial charge is 0.496 e. The highest BCUT2D eigenvalue weighted by atomic mass is 16.5. The molecule has 0 radical (unpaired) electrons.